The predicted octanol–water partition coefficient (Wildman–Crippen LogP) is 2.35. The van der Waals surface area contributed by atoms with Crippen molar-refractivity contribution in [1.82, 2.24) is 0 Å². The lowest BCUT2D eigenvalue weighted by Crippen LogP contribution is -2.38. The molecule has 1 rings (SSSR count). The summed E-state index contributed by atoms with van der Waals surface area (Å²) in [6, 6.07) is 6.80. The average molecular weight is 310 g/mol. The summed E-state index contributed by atoms with van der Waals surface area (Å²) in [5, 5.41) is 0. The van der Waals surface area contributed by atoms with Crippen molar-refractivity contribution in [3.8, 4) is 11.5 Å². The van der Waals surface area contributed by atoms with E-state index in [4.69, 9.17) is 18.9 Å². The highest BCUT2D eigenvalue weighted by Crippen LogP contribution is 2.28. The average Bonchev–Trinajstić information content (AvgIpc) is 2.46. The van der Waals surface area contributed by atoms with E-state index in [9.17, 15) is 9.59 Å². The zero-order valence-electron chi connectivity index (χ0n) is 13.3. The molecule has 6 nitrogen and oxygen atoms in total. The number of hydrogen-bond acceptors (Lipinski definition) is 6. The summed E-state index contributed by atoms with van der Waals surface area (Å²) in [5.74, 6) is -0.862. The van der Waals surface area contributed by atoms with Gasteiger partial charge in [0.1, 0.15) is 0 Å². The molecule has 122 valence electrons. The first kappa shape index (κ1) is 17.8. The van der Waals surface area contributed by atoms with Gasteiger partial charge in [-0.2, -0.15) is 0 Å². The Morgan fingerprint density at radius 1 is 0.909 bits per heavy atom. The first-order chi connectivity index (χ1) is 10.5. The minimum atomic E-state index is -1.48. The molecule has 0 unspecified atom stereocenters. The van der Waals surface area contributed by atoms with E-state index >= 15 is 0 Å². The van der Waals surface area contributed by atoms with Crippen molar-refractivity contribution in [1.29, 1.82) is 0 Å². The fourth-order valence-electron chi connectivity index (χ4n) is 1.65. The number of ether oxygens (including phenoxy) is 4. The Morgan fingerprint density at radius 2 is 1.36 bits per heavy atom. The number of carbonyl (C=O) groups excluding carboxylic acids is 2. The monoisotopic (exact) mass is 310 g/mol. The first-order valence-electron chi connectivity index (χ1n) is 7.25. The molecule has 0 saturated carbocycles. The number of para-hydroxylation sites is 2. The number of rotatable bonds is 8. The highest BCUT2D eigenvalue weighted by atomic mass is 16.6. The number of benzene rings is 1. The summed E-state index contributed by atoms with van der Waals surface area (Å²) in [7, 11) is 0. The van der Waals surface area contributed by atoms with Gasteiger partial charge in [-0.05, 0) is 39.8 Å². The van der Waals surface area contributed by atoms with Gasteiger partial charge >= 0.3 is 11.9 Å². The van der Waals surface area contributed by atoms with Crippen LogP contribution in [0.15, 0.2) is 24.3 Å². The maximum absolute atomic E-state index is 11.9. The van der Waals surface area contributed by atoms with Crippen molar-refractivity contribution in [2.45, 2.75) is 39.9 Å². The van der Waals surface area contributed by atoms with E-state index in [-0.39, 0.29) is 25.1 Å². The van der Waals surface area contributed by atoms with Crippen molar-refractivity contribution in [2.75, 3.05) is 13.2 Å². The molecular weight excluding hydrogens is 288 g/mol. The van der Waals surface area contributed by atoms with Gasteiger partial charge in [0, 0.05) is 0 Å². The number of carbonyl (C=O) groups is 2. The van der Waals surface area contributed by atoms with Crippen molar-refractivity contribution >= 4 is 11.9 Å². The number of hydrogen-bond donors (Lipinski definition) is 0. The fraction of sp³-hybridized carbons (Fsp3) is 0.500. The molecule has 0 spiro atoms. The van der Waals surface area contributed by atoms with Crippen molar-refractivity contribution in [3.63, 3.8) is 0 Å². The Kier molecular flexibility index (Phi) is 7.22. The third-order valence-electron chi connectivity index (χ3n) is 2.46. The first-order valence-corrected chi connectivity index (χ1v) is 7.25. The van der Waals surface area contributed by atoms with Crippen molar-refractivity contribution < 1.29 is 28.5 Å². The van der Waals surface area contributed by atoms with Crippen molar-refractivity contribution in [3.05, 3.63) is 24.3 Å². The van der Waals surface area contributed by atoms with E-state index in [1.54, 1.807) is 38.1 Å². The predicted molar refractivity (Wildman–Crippen MR) is 79.9 cm³/mol. The van der Waals surface area contributed by atoms with E-state index in [1.807, 2.05) is 13.8 Å². The summed E-state index contributed by atoms with van der Waals surface area (Å²) in [4.78, 5) is 23.8. The number of esters is 2. The maximum Gasteiger partial charge on any atom is 0.359 e. The van der Waals surface area contributed by atoms with Crippen LogP contribution in [0.2, 0.25) is 0 Å². The maximum atomic E-state index is 11.9. The minimum Gasteiger partial charge on any atom is -0.487 e. The van der Waals surface area contributed by atoms with E-state index < -0.39 is 18.0 Å². The molecule has 0 saturated heterocycles. The molecule has 0 N–H and O–H groups in total. The second-order valence-electron chi connectivity index (χ2n) is 4.62. The molecular formula is C16H22O6. The second-order valence-corrected chi connectivity index (χ2v) is 4.62. The standard InChI is InChI=1S/C16H22O6/c1-5-19-15(17)14(16(18)20-6-2)22-13-10-8-7-9-12(13)21-11(3)4/h7-11,14H,5-6H2,1-4H3. The summed E-state index contributed by atoms with van der Waals surface area (Å²) in [5.41, 5.74) is 0. The largest absolute Gasteiger partial charge is 0.487 e. The van der Waals surface area contributed by atoms with Crippen LogP contribution < -0.4 is 9.47 Å². The summed E-state index contributed by atoms with van der Waals surface area (Å²) < 4.78 is 20.8. The van der Waals surface area contributed by atoms with Gasteiger partial charge in [-0.3, -0.25) is 0 Å². The van der Waals surface area contributed by atoms with Gasteiger partial charge in [0.2, 0.25) is 0 Å². The summed E-state index contributed by atoms with van der Waals surface area (Å²) in [6.45, 7) is 7.31. The lowest BCUT2D eigenvalue weighted by Gasteiger charge is -2.19. The zero-order chi connectivity index (χ0) is 16.5. The lowest BCUT2D eigenvalue weighted by atomic mass is 10.3. The van der Waals surface area contributed by atoms with Crippen LogP contribution >= 0.6 is 0 Å². The molecule has 0 amide bonds. The van der Waals surface area contributed by atoms with Crippen LogP contribution in [-0.4, -0.2) is 37.4 Å². The van der Waals surface area contributed by atoms with Crippen LogP contribution in [0.25, 0.3) is 0 Å². The van der Waals surface area contributed by atoms with Gasteiger partial charge in [0.15, 0.2) is 11.5 Å². The molecule has 0 aromatic heterocycles. The van der Waals surface area contributed by atoms with Gasteiger partial charge in [-0.1, -0.05) is 12.1 Å². The molecule has 0 bridgehead atoms. The van der Waals surface area contributed by atoms with Crippen LogP contribution in [0.3, 0.4) is 0 Å². The van der Waals surface area contributed by atoms with Crippen molar-refractivity contribution in [2.24, 2.45) is 0 Å². The molecule has 0 aliphatic rings. The summed E-state index contributed by atoms with van der Waals surface area (Å²) >= 11 is 0. The molecule has 1 aromatic rings. The van der Waals surface area contributed by atoms with Gasteiger partial charge in [-0.15, -0.1) is 0 Å². The van der Waals surface area contributed by atoms with Crippen LogP contribution in [0.1, 0.15) is 27.7 Å². The highest BCUT2D eigenvalue weighted by Gasteiger charge is 2.32. The van der Waals surface area contributed by atoms with E-state index in [0.29, 0.717) is 5.75 Å². The molecule has 22 heavy (non-hydrogen) atoms. The van der Waals surface area contributed by atoms with Gasteiger partial charge < -0.3 is 18.9 Å². The Morgan fingerprint density at radius 3 is 1.77 bits per heavy atom. The third-order valence-corrected chi connectivity index (χ3v) is 2.46. The van der Waals surface area contributed by atoms with Crippen LogP contribution in [-0.2, 0) is 19.1 Å². The lowest BCUT2D eigenvalue weighted by molar-refractivity contribution is -0.166. The van der Waals surface area contributed by atoms with Crippen LogP contribution in [0.5, 0.6) is 11.5 Å². The zero-order valence-corrected chi connectivity index (χ0v) is 13.3. The van der Waals surface area contributed by atoms with E-state index in [1.165, 1.54) is 0 Å². The molecule has 6 heteroatoms. The molecule has 1 aromatic carbocycles. The summed E-state index contributed by atoms with van der Waals surface area (Å²) in [6.07, 6.45) is -1.55. The molecule has 0 atom stereocenters. The quantitative estimate of drug-likeness (QED) is 0.542. The van der Waals surface area contributed by atoms with Crippen LogP contribution in [0, 0.1) is 0 Å². The molecule has 0 radical (unpaired) electrons. The highest BCUT2D eigenvalue weighted by molar-refractivity contribution is 5.98. The minimum absolute atomic E-state index is 0.0756. The molecule has 0 fully saturated rings. The van der Waals surface area contributed by atoms with E-state index in [2.05, 4.69) is 0 Å². The smallest absolute Gasteiger partial charge is 0.359 e. The van der Waals surface area contributed by atoms with Gasteiger partial charge in [0.25, 0.3) is 6.10 Å². The Labute approximate surface area is 130 Å². The van der Waals surface area contributed by atoms with Gasteiger partial charge in [0.05, 0.1) is 19.3 Å². The second kappa shape index (κ2) is 8.92. The normalized spacial score (nSPS) is 10.5. The van der Waals surface area contributed by atoms with Gasteiger partial charge in [-0.25, -0.2) is 9.59 Å². The molecule has 0 heterocycles. The fourth-order valence-corrected chi connectivity index (χ4v) is 1.65. The third kappa shape index (κ3) is 5.27. The topological polar surface area (TPSA) is 71.1 Å². The Balaban J connectivity index is 2.98. The van der Waals surface area contributed by atoms with E-state index in [0.717, 1.165) is 0 Å². The SMILES string of the molecule is CCOC(=O)C(Oc1ccccc1OC(C)C)C(=O)OCC. The molecule has 0 aliphatic carbocycles. The van der Waals surface area contributed by atoms with Crippen LogP contribution in [0.4, 0.5) is 0 Å². The Bertz CT molecular complexity index is 479. The Hall–Kier alpha value is -2.24. The molecule has 0 aliphatic heterocycles.